The van der Waals surface area contributed by atoms with Crippen LogP contribution in [-0.4, -0.2) is 65.5 Å². The minimum Gasteiger partial charge on any atom is -0.456 e. The number of H-pyrrole nitrogens is 1. The molecule has 0 saturated carbocycles. The first kappa shape index (κ1) is 30.1. The standard InChI is InChI=1S/C25H33FN3O10P/c1-4-17(22-34-13-14-35-22)28-40(33,39-16-9-7-6-8-10-16)36-15-18-21(38-20(31)5-2)25(3,26)23(37-18)29-12-11-19(30)27-24(29)32/h6-12,17-18,21-23H,4-5,13-15H2,1-3H3,(H,28,33)(H,27,30,32)/t17-,18-,21-,23-,25-,40?/m1/s1. The van der Waals surface area contributed by atoms with Crippen LogP contribution in [0.15, 0.2) is 52.2 Å². The van der Waals surface area contributed by atoms with Gasteiger partial charge in [-0.1, -0.05) is 32.0 Å². The summed E-state index contributed by atoms with van der Waals surface area (Å²) in [5.74, 6) is -0.490. The number of alkyl halides is 1. The summed E-state index contributed by atoms with van der Waals surface area (Å²) in [4.78, 5) is 38.2. The first-order valence-corrected chi connectivity index (χ1v) is 14.5. The number of nitrogens with zero attached hydrogens (tertiary/aromatic N) is 1. The van der Waals surface area contributed by atoms with E-state index in [1.807, 2.05) is 11.9 Å². The summed E-state index contributed by atoms with van der Waals surface area (Å²) in [6.45, 7) is 4.64. The fourth-order valence-corrected chi connectivity index (χ4v) is 6.04. The van der Waals surface area contributed by atoms with E-state index in [2.05, 4.69) is 5.09 Å². The summed E-state index contributed by atoms with van der Waals surface area (Å²) in [5.41, 5.74) is -4.05. The Bertz CT molecular complexity index is 1310. The molecule has 2 aliphatic heterocycles. The second kappa shape index (κ2) is 12.8. The van der Waals surface area contributed by atoms with Gasteiger partial charge in [-0.3, -0.25) is 23.7 Å². The van der Waals surface area contributed by atoms with Crippen molar-refractivity contribution in [1.82, 2.24) is 14.6 Å². The quantitative estimate of drug-likeness (QED) is 0.279. The number of hydrogen-bond acceptors (Lipinski definition) is 10. The number of carbonyl (C=O) groups is 1. The van der Waals surface area contributed by atoms with Crippen molar-refractivity contribution >= 4 is 13.7 Å². The highest BCUT2D eigenvalue weighted by Gasteiger charge is 2.58. The van der Waals surface area contributed by atoms with Gasteiger partial charge in [-0.2, -0.15) is 0 Å². The smallest absolute Gasteiger partial charge is 0.456 e. The predicted octanol–water partition coefficient (Wildman–Crippen LogP) is 2.43. The molecule has 2 N–H and O–H groups in total. The van der Waals surface area contributed by atoms with Gasteiger partial charge in [-0.05, 0) is 25.5 Å². The lowest BCUT2D eigenvalue weighted by Gasteiger charge is -2.29. The van der Waals surface area contributed by atoms with Crippen molar-refractivity contribution in [2.24, 2.45) is 0 Å². The number of halogens is 1. The van der Waals surface area contributed by atoms with Crippen LogP contribution >= 0.6 is 7.75 Å². The molecule has 1 unspecified atom stereocenters. The highest BCUT2D eigenvalue weighted by molar-refractivity contribution is 7.52. The Hall–Kier alpha value is -2.87. The largest absolute Gasteiger partial charge is 0.459 e. The summed E-state index contributed by atoms with van der Waals surface area (Å²) in [7, 11) is -4.21. The second-order valence-electron chi connectivity index (χ2n) is 9.41. The molecule has 0 aliphatic carbocycles. The monoisotopic (exact) mass is 585 g/mol. The minimum atomic E-state index is -4.21. The van der Waals surface area contributed by atoms with E-state index in [1.165, 1.54) is 6.92 Å². The summed E-state index contributed by atoms with van der Waals surface area (Å²) in [6.07, 6.45) is -3.73. The number of nitrogens with one attached hydrogen (secondary N) is 2. The topological polar surface area (TPSA) is 156 Å². The summed E-state index contributed by atoms with van der Waals surface area (Å²) < 4.78 is 64.9. The predicted molar refractivity (Wildman–Crippen MR) is 138 cm³/mol. The number of benzene rings is 1. The summed E-state index contributed by atoms with van der Waals surface area (Å²) in [5, 5.41) is 2.85. The van der Waals surface area contributed by atoms with Gasteiger partial charge in [0, 0.05) is 18.7 Å². The third-order valence-electron chi connectivity index (χ3n) is 6.45. The molecule has 0 bridgehead atoms. The maximum absolute atomic E-state index is 16.2. The lowest BCUT2D eigenvalue weighted by Crippen LogP contribution is -2.46. The zero-order valence-corrected chi connectivity index (χ0v) is 23.2. The Kier molecular flexibility index (Phi) is 9.60. The molecule has 1 aromatic heterocycles. The van der Waals surface area contributed by atoms with Gasteiger partial charge >= 0.3 is 19.4 Å². The van der Waals surface area contributed by atoms with E-state index in [4.69, 9.17) is 28.0 Å². The van der Waals surface area contributed by atoms with Gasteiger partial charge in [0.15, 0.2) is 24.3 Å². The second-order valence-corrected chi connectivity index (χ2v) is 11.1. The third kappa shape index (κ3) is 6.88. The Morgan fingerprint density at radius 1 is 1.23 bits per heavy atom. The summed E-state index contributed by atoms with van der Waals surface area (Å²) in [6, 6.07) is 8.72. The maximum atomic E-state index is 16.2. The van der Waals surface area contributed by atoms with Crippen molar-refractivity contribution in [3.8, 4) is 5.75 Å². The Morgan fingerprint density at radius 2 is 1.93 bits per heavy atom. The molecule has 2 saturated heterocycles. The van der Waals surface area contributed by atoms with Gasteiger partial charge in [-0.25, -0.2) is 18.8 Å². The number of esters is 1. The molecule has 1 aromatic carbocycles. The van der Waals surface area contributed by atoms with Gasteiger partial charge in [0.2, 0.25) is 0 Å². The minimum absolute atomic E-state index is 0.0554. The van der Waals surface area contributed by atoms with Gasteiger partial charge < -0.3 is 23.5 Å². The Balaban J connectivity index is 1.61. The van der Waals surface area contributed by atoms with E-state index in [-0.39, 0.29) is 12.2 Å². The number of hydrogen-bond donors (Lipinski definition) is 2. The Morgan fingerprint density at radius 3 is 2.55 bits per heavy atom. The molecule has 2 fully saturated rings. The van der Waals surface area contributed by atoms with Crippen molar-refractivity contribution in [2.45, 2.75) is 70.0 Å². The molecular weight excluding hydrogens is 552 g/mol. The highest BCUT2D eigenvalue weighted by atomic mass is 31.2. The lowest BCUT2D eigenvalue weighted by atomic mass is 9.98. The molecule has 40 heavy (non-hydrogen) atoms. The molecule has 2 aromatic rings. The highest BCUT2D eigenvalue weighted by Crippen LogP contribution is 2.48. The van der Waals surface area contributed by atoms with Crippen LogP contribution in [0.1, 0.15) is 39.8 Å². The third-order valence-corrected chi connectivity index (χ3v) is 8.04. The van der Waals surface area contributed by atoms with E-state index in [1.54, 1.807) is 30.3 Å². The average Bonchev–Trinajstić information content (AvgIpc) is 3.54. The first-order valence-electron chi connectivity index (χ1n) is 12.9. The van der Waals surface area contributed by atoms with Gasteiger partial charge in [0.25, 0.3) is 5.56 Å². The summed E-state index contributed by atoms with van der Waals surface area (Å²) >= 11 is 0. The van der Waals surface area contributed by atoms with Crippen LogP contribution in [0.2, 0.25) is 0 Å². The van der Waals surface area contributed by atoms with Crippen molar-refractivity contribution in [2.75, 3.05) is 19.8 Å². The molecule has 0 amide bonds. The van der Waals surface area contributed by atoms with Crippen LogP contribution < -0.4 is 20.9 Å². The molecular formula is C25H33FN3O10P. The number of carbonyl (C=O) groups excluding carboxylic acids is 1. The molecule has 3 heterocycles. The van der Waals surface area contributed by atoms with Crippen molar-refractivity contribution in [1.29, 1.82) is 0 Å². The number of aromatic nitrogens is 2. The maximum Gasteiger partial charge on any atom is 0.459 e. The molecule has 220 valence electrons. The van der Waals surface area contributed by atoms with Crippen molar-refractivity contribution in [3.63, 3.8) is 0 Å². The van der Waals surface area contributed by atoms with E-state index in [0.717, 1.165) is 23.8 Å². The van der Waals surface area contributed by atoms with Crippen LogP contribution in [0, 0.1) is 0 Å². The van der Waals surface area contributed by atoms with Crippen LogP contribution in [0.4, 0.5) is 4.39 Å². The number of ether oxygens (including phenoxy) is 4. The van der Waals surface area contributed by atoms with Crippen LogP contribution in [0.5, 0.6) is 5.75 Å². The molecule has 4 rings (SSSR count). The molecule has 0 spiro atoms. The van der Waals surface area contributed by atoms with Gasteiger partial charge in [0.1, 0.15) is 11.9 Å². The zero-order chi connectivity index (χ0) is 28.9. The number of rotatable bonds is 12. The van der Waals surface area contributed by atoms with E-state index < -0.39 is 68.0 Å². The fraction of sp³-hybridized carbons (Fsp3) is 0.560. The van der Waals surface area contributed by atoms with Gasteiger partial charge in [0.05, 0.1) is 25.9 Å². The molecule has 2 aliphatic rings. The molecule has 6 atom stereocenters. The first-order chi connectivity index (χ1) is 19.1. The normalized spacial score (nSPS) is 27.2. The van der Waals surface area contributed by atoms with Crippen molar-refractivity contribution < 1.29 is 41.7 Å². The van der Waals surface area contributed by atoms with Crippen LogP contribution in [-0.2, 0) is 32.8 Å². The number of aromatic amines is 1. The zero-order valence-electron chi connectivity index (χ0n) is 22.3. The van der Waals surface area contributed by atoms with E-state index >= 15 is 4.39 Å². The Labute approximate surface area is 229 Å². The SMILES string of the molecule is CCC(=O)O[C@@H]1[C@@H](COP(=O)(N[C@H](CC)C2OCCO2)Oc2ccccc2)O[C@@H](n2ccc(=O)[nH]c2=O)[C@]1(C)F. The van der Waals surface area contributed by atoms with Gasteiger partial charge in [-0.15, -0.1) is 0 Å². The molecule has 0 radical (unpaired) electrons. The molecule has 13 nitrogen and oxygen atoms in total. The fourth-order valence-electron chi connectivity index (χ4n) is 4.40. The van der Waals surface area contributed by atoms with E-state index in [9.17, 15) is 18.9 Å². The van der Waals surface area contributed by atoms with E-state index in [0.29, 0.717) is 19.6 Å². The molecule has 15 heteroatoms. The van der Waals surface area contributed by atoms with Crippen molar-refractivity contribution in [3.05, 3.63) is 63.4 Å². The van der Waals surface area contributed by atoms with Crippen LogP contribution in [0.25, 0.3) is 0 Å². The number of para-hydroxylation sites is 1. The average molecular weight is 586 g/mol. The van der Waals surface area contributed by atoms with Crippen LogP contribution in [0.3, 0.4) is 0 Å². The lowest BCUT2D eigenvalue weighted by molar-refractivity contribution is -0.157.